The minimum Gasteiger partial charge on any atom is -0.493 e. The van der Waals surface area contributed by atoms with E-state index in [2.05, 4.69) is 37.4 Å². The van der Waals surface area contributed by atoms with Gasteiger partial charge in [0.05, 0.1) is 18.1 Å². The molecule has 0 spiro atoms. The summed E-state index contributed by atoms with van der Waals surface area (Å²) >= 11 is 0. The van der Waals surface area contributed by atoms with Crippen molar-refractivity contribution in [2.45, 2.75) is 53.5 Å². The van der Waals surface area contributed by atoms with Crippen molar-refractivity contribution in [3.63, 3.8) is 0 Å². The Balaban J connectivity index is 2.52. The zero-order valence-corrected chi connectivity index (χ0v) is 13.8. The van der Waals surface area contributed by atoms with Crippen molar-refractivity contribution in [2.75, 3.05) is 13.2 Å². The van der Waals surface area contributed by atoms with E-state index >= 15 is 0 Å². The van der Waals surface area contributed by atoms with Crippen LogP contribution in [0.3, 0.4) is 0 Å². The van der Waals surface area contributed by atoms with Crippen LogP contribution in [0.25, 0.3) is 0 Å². The van der Waals surface area contributed by atoms with Crippen molar-refractivity contribution in [1.29, 1.82) is 5.26 Å². The summed E-state index contributed by atoms with van der Waals surface area (Å²) in [5.74, 6) is 0.957. The second-order valence-corrected chi connectivity index (χ2v) is 6.24. The molecule has 0 aromatic heterocycles. The number of nitrogens with zero attached hydrogens (tertiary/aromatic N) is 1. The number of nitriles is 1. The molecule has 3 nitrogen and oxygen atoms in total. The van der Waals surface area contributed by atoms with Gasteiger partial charge >= 0.3 is 0 Å². The highest BCUT2D eigenvalue weighted by atomic mass is 16.5. The van der Waals surface area contributed by atoms with E-state index in [0.29, 0.717) is 6.61 Å². The molecular weight excluding hydrogens is 260 g/mol. The van der Waals surface area contributed by atoms with Crippen molar-refractivity contribution in [3.05, 3.63) is 29.3 Å². The SMILES string of the molecule is CCCNCc1cc(C)ccc1OCCCC(C)(C)C#N. The van der Waals surface area contributed by atoms with Gasteiger partial charge in [-0.25, -0.2) is 0 Å². The molecule has 0 unspecified atom stereocenters. The van der Waals surface area contributed by atoms with E-state index in [1.54, 1.807) is 0 Å². The lowest BCUT2D eigenvalue weighted by Crippen LogP contribution is -2.15. The molecule has 0 radical (unpaired) electrons. The van der Waals surface area contributed by atoms with E-state index in [1.165, 1.54) is 11.1 Å². The molecule has 0 fully saturated rings. The van der Waals surface area contributed by atoms with Crippen LogP contribution in [0.4, 0.5) is 0 Å². The summed E-state index contributed by atoms with van der Waals surface area (Å²) in [6.07, 6.45) is 2.89. The molecule has 0 aliphatic rings. The van der Waals surface area contributed by atoms with Gasteiger partial charge in [0, 0.05) is 12.1 Å². The topological polar surface area (TPSA) is 45.0 Å². The Hall–Kier alpha value is -1.53. The lowest BCUT2D eigenvalue weighted by atomic mass is 9.90. The molecule has 0 saturated carbocycles. The van der Waals surface area contributed by atoms with Crippen molar-refractivity contribution < 1.29 is 4.74 Å². The van der Waals surface area contributed by atoms with Gasteiger partial charge in [-0.05, 0) is 52.6 Å². The Morgan fingerprint density at radius 2 is 2.10 bits per heavy atom. The molecule has 0 heterocycles. The average molecular weight is 288 g/mol. The second kappa shape index (κ2) is 8.69. The molecule has 0 aliphatic heterocycles. The number of ether oxygens (including phenoxy) is 1. The fraction of sp³-hybridized carbons (Fsp3) is 0.611. The largest absolute Gasteiger partial charge is 0.493 e. The normalized spacial score (nSPS) is 11.2. The number of aryl methyl sites for hydroxylation is 1. The predicted octanol–water partition coefficient (Wildman–Crippen LogP) is 4.20. The predicted molar refractivity (Wildman–Crippen MR) is 87.3 cm³/mol. The van der Waals surface area contributed by atoms with Crippen LogP contribution >= 0.6 is 0 Å². The zero-order chi connectivity index (χ0) is 15.7. The monoisotopic (exact) mass is 288 g/mol. The summed E-state index contributed by atoms with van der Waals surface area (Å²) in [6, 6.07) is 8.64. The first kappa shape index (κ1) is 17.5. The fourth-order valence-electron chi connectivity index (χ4n) is 2.14. The number of rotatable bonds is 9. The molecule has 0 aliphatic carbocycles. The highest BCUT2D eigenvalue weighted by molar-refractivity contribution is 5.36. The van der Waals surface area contributed by atoms with Crippen LogP contribution in [0.15, 0.2) is 18.2 Å². The van der Waals surface area contributed by atoms with Gasteiger partial charge in [-0.15, -0.1) is 0 Å². The standard InChI is InChI=1S/C18H28N2O/c1-5-10-20-13-16-12-15(2)7-8-17(16)21-11-6-9-18(3,4)14-19/h7-8,12,20H,5-6,9-11,13H2,1-4H3. The van der Waals surface area contributed by atoms with Crippen LogP contribution in [0.2, 0.25) is 0 Å². The van der Waals surface area contributed by atoms with Gasteiger partial charge in [0.15, 0.2) is 0 Å². The molecule has 0 atom stereocenters. The molecule has 0 amide bonds. The lowest BCUT2D eigenvalue weighted by Gasteiger charge is -2.16. The Bertz CT molecular complexity index is 475. The molecule has 1 N–H and O–H groups in total. The van der Waals surface area contributed by atoms with E-state index in [1.807, 2.05) is 19.9 Å². The quantitative estimate of drug-likeness (QED) is 0.692. The van der Waals surface area contributed by atoms with Gasteiger partial charge in [0.25, 0.3) is 0 Å². The van der Waals surface area contributed by atoms with Gasteiger partial charge in [-0.2, -0.15) is 5.26 Å². The van der Waals surface area contributed by atoms with Gasteiger partial charge in [-0.1, -0.05) is 24.6 Å². The lowest BCUT2D eigenvalue weighted by molar-refractivity contribution is 0.281. The third-order valence-electron chi connectivity index (χ3n) is 3.46. The summed E-state index contributed by atoms with van der Waals surface area (Å²) in [4.78, 5) is 0. The van der Waals surface area contributed by atoms with Crippen LogP contribution in [0.1, 0.15) is 51.2 Å². The van der Waals surface area contributed by atoms with E-state index < -0.39 is 0 Å². The second-order valence-electron chi connectivity index (χ2n) is 6.24. The minimum absolute atomic E-state index is 0.262. The molecule has 0 bridgehead atoms. The molecule has 21 heavy (non-hydrogen) atoms. The van der Waals surface area contributed by atoms with Crippen LogP contribution in [-0.4, -0.2) is 13.2 Å². The van der Waals surface area contributed by atoms with Gasteiger partial charge in [0.1, 0.15) is 5.75 Å². The van der Waals surface area contributed by atoms with E-state index in [4.69, 9.17) is 10.00 Å². The van der Waals surface area contributed by atoms with Crippen LogP contribution in [0, 0.1) is 23.7 Å². The first-order valence-corrected chi connectivity index (χ1v) is 7.83. The zero-order valence-electron chi connectivity index (χ0n) is 13.8. The number of benzene rings is 1. The fourth-order valence-corrected chi connectivity index (χ4v) is 2.14. The summed E-state index contributed by atoms with van der Waals surface area (Å²) in [5, 5.41) is 12.4. The summed E-state index contributed by atoms with van der Waals surface area (Å²) in [5.41, 5.74) is 2.20. The third kappa shape index (κ3) is 6.64. The number of hydrogen-bond donors (Lipinski definition) is 1. The maximum absolute atomic E-state index is 9.01. The van der Waals surface area contributed by atoms with Gasteiger partial charge in [0.2, 0.25) is 0 Å². The van der Waals surface area contributed by atoms with Gasteiger partial charge < -0.3 is 10.1 Å². The van der Waals surface area contributed by atoms with E-state index in [-0.39, 0.29) is 5.41 Å². The molecule has 3 heteroatoms. The first-order valence-electron chi connectivity index (χ1n) is 7.83. The minimum atomic E-state index is -0.262. The molecular formula is C18H28N2O. The smallest absolute Gasteiger partial charge is 0.123 e. The number of nitrogens with one attached hydrogen (secondary N) is 1. The Morgan fingerprint density at radius 1 is 1.33 bits per heavy atom. The maximum Gasteiger partial charge on any atom is 0.123 e. The van der Waals surface area contributed by atoms with E-state index in [9.17, 15) is 0 Å². The third-order valence-corrected chi connectivity index (χ3v) is 3.46. The van der Waals surface area contributed by atoms with Crippen molar-refractivity contribution >= 4 is 0 Å². The Kier molecular flexibility index (Phi) is 7.25. The maximum atomic E-state index is 9.01. The molecule has 1 aromatic carbocycles. The summed E-state index contributed by atoms with van der Waals surface area (Å²) in [7, 11) is 0. The molecule has 116 valence electrons. The highest BCUT2D eigenvalue weighted by Crippen LogP contribution is 2.23. The highest BCUT2D eigenvalue weighted by Gasteiger charge is 2.15. The number of hydrogen-bond acceptors (Lipinski definition) is 3. The van der Waals surface area contributed by atoms with Crippen molar-refractivity contribution in [2.24, 2.45) is 5.41 Å². The first-order chi connectivity index (χ1) is 9.98. The van der Waals surface area contributed by atoms with E-state index in [0.717, 1.165) is 38.1 Å². The van der Waals surface area contributed by atoms with Crippen LogP contribution in [0.5, 0.6) is 5.75 Å². The van der Waals surface area contributed by atoms with Crippen molar-refractivity contribution in [1.82, 2.24) is 5.32 Å². The van der Waals surface area contributed by atoms with Crippen molar-refractivity contribution in [3.8, 4) is 11.8 Å². The summed E-state index contributed by atoms with van der Waals surface area (Å²) < 4.78 is 5.91. The molecule has 1 aromatic rings. The van der Waals surface area contributed by atoms with Crippen LogP contribution in [-0.2, 0) is 6.54 Å². The summed E-state index contributed by atoms with van der Waals surface area (Å²) in [6.45, 7) is 10.7. The average Bonchev–Trinajstić information content (AvgIpc) is 2.45. The molecule has 0 saturated heterocycles. The van der Waals surface area contributed by atoms with Gasteiger partial charge in [-0.3, -0.25) is 0 Å². The Labute approximate surface area is 129 Å². The Morgan fingerprint density at radius 3 is 2.76 bits per heavy atom. The molecule has 1 rings (SSSR count). The van der Waals surface area contributed by atoms with Crippen LogP contribution < -0.4 is 10.1 Å².